The summed E-state index contributed by atoms with van der Waals surface area (Å²) in [5.74, 6) is 3.63. The SMILES string of the molecule is c1cc2c(c(-c3c[nH]c(-c4cccc5c4OCO5)n3)c1)OCO2. The van der Waals surface area contributed by atoms with Gasteiger partial charge in [-0.3, -0.25) is 0 Å². The molecule has 0 spiro atoms. The normalized spacial score (nSPS) is 14.3. The first-order valence-electron chi connectivity index (χ1n) is 7.23. The van der Waals surface area contributed by atoms with Crippen molar-refractivity contribution in [1.29, 1.82) is 0 Å². The predicted octanol–water partition coefficient (Wildman–Crippen LogP) is 3.20. The van der Waals surface area contributed by atoms with Crippen LogP contribution in [0.25, 0.3) is 22.6 Å². The number of H-pyrrole nitrogens is 1. The van der Waals surface area contributed by atoms with Crippen molar-refractivity contribution in [3.8, 4) is 45.6 Å². The second-order valence-corrected chi connectivity index (χ2v) is 5.21. The molecule has 6 heteroatoms. The molecule has 0 saturated heterocycles. The second-order valence-electron chi connectivity index (χ2n) is 5.21. The molecule has 2 aliphatic rings. The third-order valence-electron chi connectivity index (χ3n) is 3.90. The summed E-state index contributed by atoms with van der Waals surface area (Å²) < 4.78 is 21.9. The number of benzene rings is 2. The monoisotopic (exact) mass is 308 g/mol. The zero-order chi connectivity index (χ0) is 15.2. The minimum atomic E-state index is 0.233. The fourth-order valence-corrected chi connectivity index (χ4v) is 2.85. The molecule has 23 heavy (non-hydrogen) atoms. The molecule has 6 nitrogen and oxygen atoms in total. The highest BCUT2D eigenvalue weighted by Crippen LogP contribution is 2.43. The van der Waals surface area contributed by atoms with E-state index in [4.69, 9.17) is 18.9 Å². The number of nitrogens with zero attached hydrogens (tertiary/aromatic N) is 1. The molecule has 0 aliphatic carbocycles. The Labute approximate surface area is 131 Å². The molecule has 114 valence electrons. The predicted molar refractivity (Wildman–Crippen MR) is 81.7 cm³/mol. The summed E-state index contributed by atoms with van der Waals surface area (Å²) >= 11 is 0. The van der Waals surface area contributed by atoms with Gasteiger partial charge in [-0.2, -0.15) is 0 Å². The number of rotatable bonds is 2. The van der Waals surface area contributed by atoms with Gasteiger partial charge in [0.15, 0.2) is 23.0 Å². The van der Waals surface area contributed by atoms with Gasteiger partial charge in [-0.1, -0.05) is 12.1 Å². The van der Waals surface area contributed by atoms with Crippen LogP contribution in [0, 0.1) is 0 Å². The Morgan fingerprint density at radius 1 is 0.783 bits per heavy atom. The molecule has 0 fully saturated rings. The van der Waals surface area contributed by atoms with Gasteiger partial charge in [-0.25, -0.2) is 4.98 Å². The summed E-state index contributed by atoms with van der Waals surface area (Å²) in [6.45, 7) is 0.471. The van der Waals surface area contributed by atoms with Crippen molar-refractivity contribution >= 4 is 0 Å². The summed E-state index contributed by atoms with van der Waals surface area (Å²) in [4.78, 5) is 7.88. The molecule has 1 N–H and O–H groups in total. The maximum absolute atomic E-state index is 5.55. The lowest BCUT2D eigenvalue weighted by atomic mass is 10.1. The average Bonchev–Trinajstić information content (AvgIpc) is 3.32. The van der Waals surface area contributed by atoms with Gasteiger partial charge in [0.25, 0.3) is 0 Å². The largest absolute Gasteiger partial charge is 0.454 e. The molecule has 2 aliphatic heterocycles. The van der Waals surface area contributed by atoms with Crippen LogP contribution in [0.1, 0.15) is 0 Å². The zero-order valence-electron chi connectivity index (χ0n) is 12.0. The quantitative estimate of drug-likeness (QED) is 0.787. The minimum absolute atomic E-state index is 0.233. The van der Waals surface area contributed by atoms with Gasteiger partial charge in [0.05, 0.1) is 11.3 Å². The Kier molecular flexibility index (Phi) is 2.52. The van der Waals surface area contributed by atoms with Crippen LogP contribution in [-0.2, 0) is 0 Å². The molecule has 3 heterocycles. The van der Waals surface area contributed by atoms with E-state index in [1.54, 1.807) is 0 Å². The Morgan fingerprint density at radius 2 is 1.43 bits per heavy atom. The van der Waals surface area contributed by atoms with E-state index in [-0.39, 0.29) is 13.6 Å². The molecular weight excluding hydrogens is 296 g/mol. The Balaban J connectivity index is 1.60. The lowest BCUT2D eigenvalue weighted by Crippen LogP contribution is -1.94. The van der Waals surface area contributed by atoms with Crippen LogP contribution >= 0.6 is 0 Å². The van der Waals surface area contributed by atoms with E-state index in [1.165, 1.54) is 0 Å². The van der Waals surface area contributed by atoms with E-state index in [1.807, 2.05) is 42.6 Å². The van der Waals surface area contributed by atoms with Crippen LogP contribution in [-0.4, -0.2) is 23.6 Å². The highest BCUT2D eigenvalue weighted by atomic mass is 16.7. The van der Waals surface area contributed by atoms with E-state index < -0.39 is 0 Å². The third-order valence-corrected chi connectivity index (χ3v) is 3.90. The lowest BCUT2D eigenvalue weighted by molar-refractivity contribution is 0.174. The highest BCUT2D eigenvalue weighted by molar-refractivity contribution is 5.75. The Morgan fingerprint density at radius 3 is 2.17 bits per heavy atom. The van der Waals surface area contributed by atoms with Gasteiger partial charge in [0.1, 0.15) is 5.82 Å². The van der Waals surface area contributed by atoms with Crippen molar-refractivity contribution in [3.63, 3.8) is 0 Å². The topological polar surface area (TPSA) is 65.6 Å². The van der Waals surface area contributed by atoms with E-state index in [0.29, 0.717) is 5.75 Å². The first-order valence-corrected chi connectivity index (χ1v) is 7.23. The van der Waals surface area contributed by atoms with Crippen LogP contribution in [0.2, 0.25) is 0 Å². The van der Waals surface area contributed by atoms with Gasteiger partial charge in [0, 0.05) is 11.8 Å². The number of nitrogens with one attached hydrogen (secondary N) is 1. The smallest absolute Gasteiger partial charge is 0.231 e. The first kappa shape index (κ1) is 12.4. The van der Waals surface area contributed by atoms with Crippen LogP contribution < -0.4 is 18.9 Å². The fourth-order valence-electron chi connectivity index (χ4n) is 2.85. The lowest BCUT2D eigenvalue weighted by Gasteiger charge is -2.03. The van der Waals surface area contributed by atoms with Crippen LogP contribution in [0.4, 0.5) is 0 Å². The number of aromatic nitrogens is 2. The van der Waals surface area contributed by atoms with Crippen LogP contribution in [0.3, 0.4) is 0 Å². The molecule has 2 aromatic carbocycles. The van der Waals surface area contributed by atoms with Gasteiger partial charge in [-0.05, 0) is 24.3 Å². The van der Waals surface area contributed by atoms with Gasteiger partial charge >= 0.3 is 0 Å². The molecule has 1 aromatic heterocycles. The number of hydrogen-bond acceptors (Lipinski definition) is 5. The highest BCUT2D eigenvalue weighted by Gasteiger charge is 2.23. The van der Waals surface area contributed by atoms with Crippen LogP contribution in [0.15, 0.2) is 42.6 Å². The van der Waals surface area contributed by atoms with Crippen molar-refractivity contribution in [3.05, 3.63) is 42.6 Å². The summed E-state index contributed by atoms with van der Waals surface area (Å²) in [5, 5.41) is 0. The van der Waals surface area contributed by atoms with Crippen molar-refractivity contribution < 1.29 is 18.9 Å². The van der Waals surface area contributed by atoms with Crippen molar-refractivity contribution in [2.45, 2.75) is 0 Å². The van der Waals surface area contributed by atoms with Crippen molar-refractivity contribution in [2.24, 2.45) is 0 Å². The number of hydrogen-bond donors (Lipinski definition) is 1. The number of ether oxygens (including phenoxy) is 4. The van der Waals surface area contributed by atoms with E-state index in [9.17, 15) is 0 Å². The molecule has 0 atom stereocenters. The molecule has 0 saturated carbocycles. The summed E-state index contributed by atoms with van der Waals surface area (Å²) in [6.07, 6.45) is 1.85. The van der Waals surface area contributed by atoms with E-state index in [0.717, 1.165) is 39.9 Å². The molecule has 3 aromatic rings. The molecule has 0 radical (unpaired) electrons. The molecule has 0 amide bonds. The average molecular weight is 308 g/mol. The maximum Gasteiger partial charge on any atom is 0.231 e. The summed E-state index contributed by atoms with van der Waals surface area (Å²) in [7, 11) is 0. The number of imidazole rings is 1. The third kappa shape index (κ3) is 1.85. The zero-order valence-corrected chi connectivity index (χ0v) is 12.0. The minimum Gasteiger partial charge on any atom is -0.454 e. The maximum atomic E-state index is 5.55. The Bertz CT molecular complexity index is 831. The van der Waals surface area contributed by atoms with Gasteiger partial charge < -0.3 is 23.9 Å². The van der Waals surface area contributed by atoms with Crippen molar-refractivity contribution in [1.82, 2.24) is 9.97 Å². The van der Waals surface area contributed by atoms with Crippen LogP contribution in [0.5, 0.6) is 23.0 Å². The standard InChI is InChI=1S/C17H12N2O4/c1-3-10(15-13(5-1)20-8-22-15)12-7-18-17(19-12)11-4-2-6-14-16(11)23-9-21-14/h1-7H,8-9H2,(H,18,19). The molecule has 5 rings (SSSR count). The van der Waals surface area contributed by atoms with Crippen molar-refractivity contribution in [2.75, 3.05) is 13.6 Å². The fraction of sp³-hybridized carbons (Fsp3) is 0.118. The van der Waals surface area contributed by atoms with E-state index in [2.05, 4.69) is 9.97 Å². The first-order chi connectivity index (χ1) is 11.4. The molecule has 0 bridgehead atoms. The van der Waals surface area contributed by atoms with Gasteiger partial charge in [0.2, 0.25) is 13.6 Å². The number of para-hydroxylation sites is 2. The van der Waals surface area contributed by atoms with E-state index >= 15 is 0 Å². The second kappa shape index (κ2) is 4.67. The molecule has 0 unspecified atom stereocenters. The summed E-state index contributed by atoms with van der Waals surface area (Å²) in [5.41, 5.74) is 2.56. The molecular formula is C17H12N2O4. The summed E-state index contributed by atoms with van der Waals surface area (Å²) in [6, 6.07) is 11.5. The van der Waals surface area contributed by atoms with Gasteiger partial charge in [-0.15, -0.1) is 0 Å². The Hall–Kier alpha value is -3.15. The number of aromatic amines is 1. The number of fused-ring (bicyclic) bond motifs is 2.